The molecular weight excluding hydrogens is 414 g/mol. The fourth-order valence-corrected chi connectivity index (χ4v) is 3.92. The minimum absolute atomic E-state index is 0.137. The molecule has 1 unspecified atom stereocenters. The van der Waals surface area contributed by atoms with Gasteiger partial charge in [0.1, 0.15) is 12.1 Å². The zero-order valence-corrected chi connectivity index (χ0v) is 18.1. The average Bonchev–Trinajstić information content (AvgIpc) is 3.53. The van der Waals surface area contributed by atoms with Crippen molar-refractivity contribution in [3.05, 3.63) is 60.4 Å². The standard InChI is InChI=1S/C22H23N5O3S/c1-14(31-22-26-23-13-27(22)17-11-12-17)20(28)24-16-9-7-15(8-10-16)21(29)25-18-5-3-4-6-19(18)30-2/h3-10,13-14,17H,11-12H2,1-2H3,(H,24,28)(H,25,29). The molecule has 2 N–H and O–H groups in total. The van der Waals surface area contributed by atoms with Crippen LogP contribution in [0.3, 0.4) is 0 Å². The van der Waals surface area contributed by atoms with Gasteiger partial charge in [-0.15, -0.1) is 10.2 Å². The van der Waals surface area contributed by atoms with Crippen molar-refractivity contribution in [1.82, 2.24) is 14.8 Å². The molecule has 0 radical (unpaired) electrons. The van der Waals surface area contributed by atoms with Gasteiger partial charge in [0.2, 0.25) is 5.91 Å². The first kappa shape index (κ1) is 20.9. The Morgan fingerprint density at radius 1 is 1.13 bits per heavy atom. The summed E-state index contributed by atoms with van der Waals surface area (Å²) in [4.78, 5) is 25.1. The summed E-state index contributed by atoms with van der Waals surface area (Å²) in [6.45, 7) is 1.83. The quantitative estimate of drug-likeness (QED) is 0.517. The molecule has 0 aliphatic heterocycles. The largest absolute Gasteiger partial charge is 0.495 e. The maximum atomic E-state index is 12.6. The van der Waals surface area contributed by atoms with Crippen molar-refractivity contribution >= 4 is 35.0 Å². The Morgan fingerprint density at radius 2 is 1.87 bits per heavy atom. The summed E-state index contributed by atoms with van der Waals surface area (Å²) in [5, 5.41) is 14.2. The number of amides is 2. The Labute approximate surface area is 184 Å². The van der Waals surface area contributed by atoms with Gasteiger partial charge in [0.25, 0.3) is 5.91 Å². The fraction of sp³-hybridized carbons (Fsp3) is 0.273. The van der Waals surface area contributed by atoms with Crippen LogP contribution in [-0.2, 0) is 4.79 Å². The summed E-state index contributed by atoms with van der Waals surface area (Å²) in [6.07, 6.45) is 3.98. The number of carbonyl (C=O) groups is 2. The first-order valence-corrected chi connectivity index (χ1v) is 10.8. The molecule has 31 heavy (non-hydrogen) atoms. The van der Waals surface area contributed by atoms with E-state index in [9.17, 15) is 9.59 Å². The summed E-state index contributed by atoms with van der Waals surface area (Å²) in [6, 6.07) is 14.4. The van der Waals surface area contributed by atoms with Gasteiger partial charge in [0.15, 0.2) is 5.16 Å². The highest BCUT2D eigenvalue weighted by atomic mass is 32.2. The van der Waals surface area contributed by atoms with Crippen LogP contribution in [0.2, 0.25) is 0 Å². The number of thioether (sulfide) groups is 1. The van der Waals surface area contributed by atoms with Gasteiger partial charge in [-0.25, -0.2) is 0 Å². The van der Waals surface area contributed by atoms with Crippen LogP contribution in [0.5, 0.6) is 5.75 Å². The number of methoxy groups -OCH3 is 1. The molecule has 1 aromatic heterocycles. The lowest BCUT2D eigenvalue weighted by Gasteiger charge is -2.13. The van der Waals surface area contributed by atoms with E-state index in [0.29, 0.717) is 28.7 Å². The van der Waals surface area contributed by atoms with Crippen molar-refractivity contribution in [2.45, 2.75) is 36.2 Å². The number of aromatic nitrogens is 3. The normalized spacial score (nSPS) is 14.0. The Bertz CT molecular complexity index is 1080. The molecular formula is C22H23N5O3S. The minimum atomic E-state index is -0.338. The number of hydrogen-bond acceptors (Lipinski definition) is 6. The number of rotatable bonds is 8. The topological polar surface area (TPSA) is 98.1 Å². The number of ether oxygens (including phenoxy) is 1. The van der Waals surface area contributed by atoms with Gasteiger partial charge in [0, 0.05) is 17.3 Å². The first-order valence-electron chi connectivity index (χ1n) is 9.96. The Morgan fingerprint density at radius 3 is 2.58 bits per heavy atom. The summed E-state index contributed by atoms with van der Waals surface area (Å²) in [7, 11) is 1.55. The lowest BCUT2D eigenvalue weighted by molar-refractivity contribution is -0.115. The monoisotopic (exact) mass is 437 g/mol. The lowest BCUT2D eigenvalue weighted by atomic mass is 10.2. The number of nitrogens with one attached hydrogen (secondary N) is 2. The molecule has 8 nitrogen and oxygen atoms in total. The third-order valence-corrected chi connectivity index (χ3v) is 5.97. The number of anilines is 2. The summed E-state index contributed by atoms with van der Waals surface area (Å²) >= 11 is 1.39. The lowest BCUT2D eigenvalue weighted by Crippen LogP contribution is -2.23. The second-order valence-electron chi connectivity index (χ2n) is 7.23. The predicted octanol–water partition coefficient (Wildman–Crippen LogP) is 3.99. The number of carbonyl (C=O) groups excluding carboxylic acids is 2. The van der Waals surface area contributed by atoms with E-state index in [1.54, 1.807) is 49.8 Å². The Balaban J connectivity index is 1.34. The van der Waals surface area contributed by atoms with Crippen LogP contribution in [0.25, 0.3) is 0 Å². The second kappa shape index (κ2) is 9.22. The zero-order valence-electron chi connectivity index (χ0n) is 17.2. The molecule has 0 saturated heterocycles. The van der Waals surface area contributed by atoms with Crippen molar-refractivity contribution in [3.63, 3.8) is 0 Å². The maximum absolute atomic E-state index is 12.6. The van der Waals surface area contributed by atoms with Crippen LogP contribution in [0.4, 0.5) is 11.4 Å². The van der Waals surface area contributed by atoms with Crippen molar-refractivity contribution in [1.29, 1.82) is 0 Å². The number of nitrogens with zero attached hydrogens (tertiary/aromatic N) is 3. The first-order chi connectivity index (χ1) is 15.0. The number of para-hydroxylation sites is 2. The van der Waals surface area contributed by atoms with E-state index >= 15 is 0 Å². The summed E-state index contributed by atoms with van der Waals surface area (Å²) in [5.41, 5.74) is 1.69. The van der Waals surface area contributed by atoms with E-state index in [2.05, 4.69) is 20.8 Å². The van der Waals surface area contributed by atoms with Crippen LogP contribution in [0, 0.1) is 0 Å². The third-order valence-electron chi connectivity index (χ3n) is 4.90. The van der Waals surface area contributed by atoms with E-state index in [4.69, 9.17) is 4.74 Å². The highest BCUT2D eigenvalue weighted by Crippen LogP contribution is 2.38. The third kappa shape index (κ3) is 5.05. The smallest absolute Gasteiger partial charge is 0.255 e. The van der Waals surface area contributed by atoms with Gasteiger partial charge in [-0.2, -0.15) is 0 Å². The zero-order chi connectivity index (χ0) is 21.8. The molecule has 1 heterocycles. The summed E-state index contributed by atoms with van der Waals surface area (Å²) in [5.74, 6) is 0.191. The second-order valence-corrected chi connectivity index (χ2v) is 8.54. The molecule has 1 fully saturated rings. The highest BCUT2D eigenvalue weighted by molar-refractivity contribution is 8.00. The number of hydrogen-bond donors (Lipinski definition) is 2. The predicted molar refractivity (Wildman–Crippen MR) is 120 cm³/mol. The molecule has 3 aromatic rings. The molecule has 1 aliphatic carbocycles. The SMILES string of the molecule is COc1ccccc1NC(=O)c1ccc(NC(=O)C(C)Sc2nncn2C2CC2)cc1. The Hall–Kier alpha value is -3.33. The van der Waals surface area contributed by atoms with Crippen molar-refractivity contribution in [3.8, 4) is 5.75 Å². The van der Waals surface area contributed by atoms with Gasteiger partial charge in [-0.05, 0) is 56.2 Å². The maximum Gasteiger partial charge on any atom is 0.255 e. The van der Waals surface area contributed by atoms with Crippen molar-refractivity contribution in [2.75, 3.05) is 17.7 Å². The van der Waals surface area contributed by atoms with Crippen LogP contribution >= 0.6 is 11.8 Å². The van der Waals surface area contributed by atoms with E-state index in [1.165, 1.54) is 11.8 Å². The van der Waals surface area contributed by atoms with E-state index < -0.39 is 0 Å². The molecule has 0 spiro atoms. The minimum Gasteiger partial charge on any atom is -0.495 e. The van der Waals surface area contributed by atoms with Gasteiger partial charge >= 0.3 is 0 Å². The van der Waals surface area contributed by atoms with E-state index in [0.717, 1.165) is 18.0 Å². The van der Waals surface area contributed by atoms with Gasteiger partial charge in [-0.3, -0.25) is 9.59 Å². The molecule has 1 aliphatic rings. The highest BCUT2D eigenvalue weighted by Gasteiger charge is 2.28. The van der Waals surface area contributed by atoms with Crippen LogP contribution in [-0.4, -0.2) is 38.9 Å². The number of benzene rings is 2. The van der Waals surface area contributed by atoms with Crippen LogP contribution < -0.4 is 15.4 Å². The molecule has 4 rings (SSSR count). The molecule has 2 amide bonds. The van der Waals surface area contributed by atoms with Gasteiger partial charge < -0.3 is 19.9 Å². The molecule has 9 heteroatoms. The molecule has 160 valence electrons. The molecule has 1 atom stereocenters. The van der Waals surface area contributed by atoms with Gasteiger partial charge in [-0.1, -0.05) is 23.9 Å². The average molecular weight is 438 g/mol. The van der Waals surface area contributed by atoms with Crippen LogP contribution in [0.1, 0.15) is 36.2 Å². The molecule has 0 bridgehead atoms. The fourth-order valence-electron chi connectivity index (χ4n) is 3.02. The molecule has 2 aromatic carbocycles. The van der Waals surface area contributed by atoms with Crippen LogP contribution in [0.15, 0.2) is 60.0 Å². The van der Waals surface area contributed by atoms with Gasteiger partial charge in [0.05, 0.1) is 18.0 Å². The van der Waals surface area contributed by atoms with E-state index in [1.807, 2.05) is 23.6 Å². The van der Waals surface area contributed by atoms with Crippen molar-refractivity contribution in [2.24, 2.45) is 0 Å². The van der Waals surface area contributed by atoms with E-state index in [-0.39, 0.29) is 17.1 Å². The van der Waals surface area contributed by atoms with Crippen molar-refractivity contribution < 1.29 is 14.3 Å². The summed E-state index contributed by atoms with van der Waals surface area (Å²) < 4.78 is 7.29. The Kier molecular flexibility index (Phi) is 6.22. The molecule has 1 saturated carbocycles.